The number of hydrogen-bond donors (Lipinski definition) is 7. The van der Waals surface area contributed by atoms with E-state index in [1.54, 1.807) is 12.1 Å². The van der Waals surface area contributed by atoms with Crippen molar-refractivity contribution >= 4 is 0 Å². The fourth-order valence-electron chi connectivity index (χ4n) is 1.89. The number of nitrogens with one attached hydrogen (secondary N) is 2. The summed E-state index contributed by atoms with van der Waals surface area (Å²) < 4.78 is 0. The van der Waals surface area contributed by atoms with Crippen LogP contribution in [0.15, 0.2) is 18.2 Å². The Hall–Kier alpha value is -1.22. The topological polar surface area (TPSA) is 125 Å². The molecule has 0 heterocycles. The van der Waals surface area contributed by atoms with Crippen LogP contribution in [0.3, 0.4) is 0 Å². The van der Waals surface area contributed by atoms with Gasteiger partial charge in [-0.2, -0.15) is 0 Å². The first kappa shape index (κ1) is 16.8. The van der Waals surface area contributed by atoms with Crippen LogP contribution in [-0.2, 0) is 6.42 Å². The second-order valence-corrected chi connectivity index (χ2v) is 4.40. The molecule has 7 heteroatoms. The van der Waals surface area contributed by atoms with Crippen molar-refractivity contribution in [3.05, 3.63) is 29.3 Å². The van der Waals surface area contributed by atoms with Gasteiger partial charge in [-0.15, -0.1) is 0 Å². The van der Waals surface area contributed by atoms with Crippen molar-refractivity contribution in [3.63, 3.8) is 0 Å². The summed E-state index contributed by atoms with van der Waals surface area (Å²) >= 11 is 0. The maximum Gasteiger partial charge on any atom is 0.129 e. The highest BCUT2D eigenvalue weighted by Gasteiger charge is 2.20. The van der Waals surface area contributed by atoms with Gasteiger partial charge in [-0.05, 0) is 29.7 Å². The third-order valence-corrected chi connectivity index (χ3v) is 2.89. The minimum atomic E-state index is -1.20. The SMILES string of the molecule is CCc1ccc(O)cc1C(NC(O)CO)NC(O)CO. The molecule has 0 bridgehead atoms. The molecule has 0 spiro atoms. The molecule has 20 heavy (non-hydrogen) atoms. The number of hydrogen-bond acceptors (Lipinski definition) is 7. The third-order valence-electron chi connectivity index (χ3n) is 2.89. The lowest BCUT2D eigenvalue weighted by Crippen LogP contribution is -2.47. The highest BCUT2D eigenvalue weighted by atomic mass is 16.3. The summed E-state index contributed by atoms with van der Waals surface area (Å²) in [6, 6.07) is 4.78. The van der Waals surface area contributed by atoms with E-state index in [9.17, 15) is 15.3 Å². The van der Waals surface area contributed by atoms with Crippen LogP contribution in [0.1, 0.15) is 24.2 Å². The molecule has 0 saturated heterocycles. The van der Waals surface area contributed by atoms with Gasteiger partial charge in [0.15, 0.2) is 0 Å². The van der Waals surface area contributed by atoms with Crippen LogP contribution in [0.25, 0.3) is 0 Å². The minimum absolute atomic E-state index is 0.0442. The van der Waals surface area contributed by atoms with Crippen LogP contribution in [0.5, 0.6) is 5.75 Å². The number of aromatic hydroxyl groups is 1. The van der Waals surface area contributed by atoms with E-state index >= 15 is 0 Å². The van der Waals surface area contributed by atoms with Gasteiger partial charge in [0.05, 0.1) is 19.4 Å². The van der Waals surface area contributed by atoms with E-state index in [1.165, 1.54) is 6.07 Å². The summed E-state index contributed by atoms with van der Waals surface area (Å²) in [6.07, 6.45) is -2.46. The lowest BCUT2D eigenvalue weighted by molar-refractivity contribution is 0.0208. The Balaban J connectivity index is 3.04. The van der Waals surface area contributed by atoms with Crippen LogP contribution in [0, 0.1) is 0 Å². The van der Waals surface area contributed by atoms with Crippen molar-refractivity contribution in [2.45, 2.75) is 32.0 Å². The number of phenols is 1. The summed E-state index contributed by atoms with van der Waals surface area (Å²) in [6.45, 7) is 0.916. The van der Waals surface area contributed by atoms with Crippen molar-refractivity contribution < 1.29 is 25.5 Å². The predicted octanol–water partition coefficient (Wildman–Crippen LogP) is -1.25. The van der Waals surface area contributed by atoms with Crippen molar-refractivity contribution in [1.82, 2.24) is 10.6 Å². The first-order valence-electron chi connectivity index (χ1n) is 6.43. The molecular formula is C13H22N2O5. The molecular weight excluding hydrogens is 264 g/mol. The van der Waals surface area contributed by atoms with E-state index in [4.69, 9.17) is 10.2 Å². The standard InChI is InChI=1S/C13H22N2O5/c1-2-8-3-4-9(18)5-10(8)13(14-11(19)6-16)15-12(20)7-17/h3-5,11-20H,2,6-7H2,1H3. The molecule has 1 aromatic rings. The fourth-order valence-corrected chi connectivity index (χ4v) is 1.89. The minimum Gasteiger partial charge on any atom is -0.508 e. The molecule has 7 nitrogen and oxygen atoms in total. The first-order chi connectivity index (χ1) is 9.51. The zero-order valence-corrected chi connectivity index (χ0v) is 11.3. The van der Waals surface area contributed by atoms with Gasteiger partial charge in [-0.25, -0.2) is 0 Å². The van der Waals surface area contributed by atoms with E-state index in [2.05, 4.69) is 10.6 Å². The molecule has 1 aromatic carbocycles. The average Bonchev–Trinajstić information content (AvgIpc) is 2.46. The number of aliphatic hydroxyl groups is 4. The normalized spacial score (nSPS) is 15.8. The quantitative estimate of drug-likeness (QED) is 0.298. The summed E-state index contributed by atoms with van der Waals surface area (Å²) in [4.78, 5) is 0. The summed E-state index contributed by atoms with van der Waals surface area (Å²) in [5, 5.41) is 51.7. The van der Waals surface area contributed by atoms with Gasteiger partial charge >= 0.3 is 0 Å². The highest BCUT2D eigenvalue weighted by Crippen LogP contribution is 2.23. The zero-order valence-electron chi connectivity index (χ0n) is 11.3. The summed E-state index contributed by atoms with van der Waals surface area (Å²) in [7, 11) is 0. The molecule has 0 aromatic heterocycles. The maximum atomic E-state index is 9.59. The molecule has 0 aliphatic rings. The van der Waals surface area contributed by atoms with Gasteiger partial charge in [-0.3, -0.25) is 10.6 Å². The molecule has 1 rings (SSSR count). The monoisotopic (exact) mass is 286 g/mol. The Morgan fingerprint density at radius 1 is 1.05 bits per heavy atom. The van der Waals surface area contributed by atoms with E-state index in [0.29, 0.717) is 12.0 Å². The number of aliphatic hydroxyl groups excluding tert-OH is 4. The number of phenolic OH excluding ortho intramolecular Hbond substituents is 1. The lowest BCUT2D eigenvalue weighted by Gasteiger charge is -2.27. The second-order valence-electron chi connectivity index (χ2n) is 4.40. The Labute approximate surface area is 117 Å². The lowest BCUT2D eigenvalue weighted by atomic mass is 10.0. The number of rotatable bonds is 8. The van der Waals surface area contributed by atoms with Crippen LogP contribution < -0.4 is 10.6 Å². The third kappa shape index (κ3) is 4.71. The summed E-state index contributed by atoms with van der Waals surface area (Å²) in [5.41, 5.74) is 1.51. The molecule has 2 unspecified atom stereocenters. The molecule has 114 valence electrons. The number of aryl methyl sites for hydroxylation is 1. The second kappa shape index (κ2) is 8.15. The van der Waals surface area contributed by atoms with E-state index in [0.717, 1.165) is 5.56 Å². The van der Waals surface area contributed by atoms with Gasteiger partial charge in [0.2, 0.25) is 0 Å². The molecule has 0 fully saturated rings. The highest BCUT2D eigenvalue weighted by molar-refractivity contribution is 5.37. The van der Waals surface area contributed by atoms with Crippen molar-refractivity contribution in [2.75, 3.05) is 13.2 Å². The van der Waals surface area contributed by atoms with Gasteiger partial charge in [0.25, 0.3) is 0 Å². The Morgan fingerprint density at radius 3 is 2.05 bits per heavy atom. The Bertz CT molecular complexity index is 404. The Morgan fingerprint density at radius 2 is 1.60 bits per heavy atom. The maximum absolute atomic E-state index is 9.59. The zero-order chi connectivity index (χ0) is 15.1. The van der Waals surface area contributed by atoms with Gasteiger partial charge < -0.3 is 25.5 Å². The fraction of sp³-hybridized carbons (Fsp3) is 0.538. The number of benzene rings is 1. The van der Waals surface area contributed by atoms with Crippen LogP contribution in [-0.4, -0.2) is 51.2 Å². The van der Waals surface area contributed by atoms with Gasteiger partial charge in [0.1, 0.15) is 18.2 Å². The average molecular weight is 286 g/mol. The molecule has 0 radical (unpaired) electrons. The van der Waals surface area contributed by atoms with E-state index in [1.807, 2.05) is 6.92 Å². The smallest absolute Gasteiger partial charge is 0.129 e. The van der Waals surface area contributed by atoms with Crippen LogP contribution >= 0.6 is 0 Å². The van der Waals surface area contributed by atoms with Crippen molar-refractivity contribution in [3.8, 4) is 5.75 Å². The molecule has 0 amide bonds. The molecule has 0 aliphatic carbocycles. The van der Waals surface area contributed by atoms with E-state index < -0.39 is 31.8 Å². The molecule has 0 aliphatic heterocycles. The van der Waals surface area contributed by atoms with Gasteiger partial charge in [0, 0.05) is 0 Å². The largest absolute Gasteiger partial charge is 0.508 e. The molecule has 2 atom stereocenters. The van der Waals surface area contributed by atoms with Crippen LogP contribution in [0.2, 0.25) is 0 Å². The van der Waals surface area contributed by atoms with Crippen LogP contribution in [0.4, 0.5) is 0 Å². The van der Waals surface area contributed by atoms with Crippen molar-refractivity contribution in [1.29, 1.82) is 0 Å². The summed E-state index contributed by atoms with van der Waals surface area (Å²) in [5.74, 6) is 0.0442. The molecule has 0 saturated carbocycles. The first-order valence-corrected chi connectivity index (χ1v) is 6.43. The van der Waals surface area contributed by atoms with E-state index in [-0.39, 0.29) is 5.75 Å². The Kier molecular flexibility index (Phi) is 6.86. The van der Waals surface area contributed by atoms with Gasteiger partial charge in [-0.1, -0.05) is 13.0 Å². The van der Waals surface area contributed by atoms with Crippen molar-refractivity contribution in [2.24, 2.45) is 0 Å². The molecule has 7 N–H and O–H groups in total. The predicted molar refractivity (Wildman–Crippen MR) is 72.7 cm³/mol.